The number of hydrogen-bond acceptors (Lipinski definition) is 4. The van der Waals surface area contributed by atoms with E-state index in [1.165, 1.54) is 11.1 Å². The topological polar surface area (TPSA) is 68.5 Å². The van der Waals surface area contributed by atoms with E-state index in [4.69, 9.17) is 10.5 Å². The van der Waals surface area contributed by atoms with Crippen molar-refractivity contribution in [1.82, 2.24) is 9.88 Å². The molecule has 0 spiro atoms. The Morgan fingerprint density at radius 1 is 1.53 bits per heavy atom. The molecule has 1 aromatic heterocycles. The van der Waals surface area contributed by atoms with Crippen LogP contribution in [0.5, 0.6) is 0 Å². The van der Waals surface area contributed by atoms with E-state index >= 15 is 0 Å². The summed E-state index contributed by atoms with van der Waals surface area (Å²) >= 11 is 0. The molecule has 0 unspecified atom stereocenters. The first-order valence-electron chi connectivity index (χ1n) is 5.28. The molecular weight excluding hydrogens is 225 g/mol. The van der Waals surface area contributed by atoms with Crippen molar-refractivity contribution in [2.24, 2.45) is 5.73 Å². The first-order chi connectivity index (χ1) is 8.19. The number of rotatable bonds is 6. The van der Waals surface area contributed by atoms with Crippen molar-refractivity contribution in [3.63, 3.8) is 0 Å². The van der Waals surface area contributed by atoms with Gasteiger partial charge in [-0.05, 0) is 6.07 Å². The maximum absolute atomic E-state index is 12.9. The van der Waals surface area contributed by atoms with E-state index < -0.39 is 5.82 Å². The monoisotopic (exact) mass is 241 g/mol. The zero-order valence-electron chi connectivity index (χ0n) is 9.73. The van der Waals surface area contributed by atoms with Gasteiger partial charge in [0.05, 0.1) is 18.4 Å². The summed E-state index contributed by atoms with van der Waals surface area (Å²) in [7, 11) is 1.55. The summed E-state index contributed by atoms with van der Waals surface area (Å²) < 4.78 is 17.9. The molecule has 1 rings (SSSR count). The minimum Gasteiger partial charge on any atom is -0.383 e. The van der Waals surface area contributed by atoms with E-state index in [-0.39, 0.29) is 11.5 Å². The van der Waals surface area contributed by atoms with E-state index in [9.17, 15) is 9.18 Å². The van der Waals surface area contributed by atoms with E-state index in [0.717, 1.165) is 12.3 Å². The van der Waals surface area contributed by atoms with Crippen LogP contribution in [0.2, 0.25) is 0 Å². The summed E-state index contributed by atoms with van der Waals surface area (Å²) in [5.74, 6) is -0.824. The molecule has 5 nitrogen and oxygen atoms in total. The molecule has 0 bridgehead atoms. The summed E-state index contributed by atoms with van der Waals surface area (Å²) in [6.07, 6.45) is 2.39. The van der Waals surface area contributed by atoms with Crippen LogP contribution >= 0.6 is 0 Å². The lowest BCUT2D eigenvalue weighted by Crippen LogP contribution is -2.37. The molecule has 0 aliphatic heterocycles. The molecule has 6 heteroatoms. The molecule has 17 heavy (non-hydrogen) atoms. The number of ether oxygens (including phenoxy) is 1. The molecule has 94 valence electrons. The standard InChI is InChI=1S/C11H16FN3O2/c1-17-5-4-15(3-2-13)11(16)9-6-10(12)8-14-7-9/h6-8H,2-5,13H2,1H3. The fraction of sp³-hybridized carbons (Fsp3) is 0.455. The number of amides is 1. The third-order valence-corrected chi connectivity index (χ3v) is 2.20. The molecule has 0 aliphatic carbocycles. The first kappa shape index (κ1) is 13.5. The van der Waals surface area contributed by atoms with Crippen LogP contribution in [0.4, 0.5) is 4.39 Å². The predicted octanol–water partition coefficient (Wildman–Crippen LogP) is 0.268. The first-order valence-corrected chi connectivity index (χ1v) is 5.28. The SMILES string of the molecule is COCCN(CCN)C(=O)c1cncc(F)c1. The average Bonchev–Trinajstić information content (AvgIpc) is 2.33. The van der Waals surface area contributed by atoms with Crippen LogP contribution in [-0.4, -0.2) is 49.1 Å². The van der Waals surface area contributed by atoms with Crippen molar-refractivity contribution in [1.29, 1.82) is 0 Å². The molecule has 0 aromatic carbocycles. The zero-order valence-corrected chi connectivity index (χ0v) is 9.73. The lowest BCUT2D eigenvalue weighted by molar-refractivity contribution is 0.0700. The van der Waals surface area contributed by atoms with Crippen LogP contribution in [-0.2, 0) is 4.74 Å². The number of halogens is 1. The minimum absolute atomic E-state index is 0.217. The number of carbonyl (C=O) groups excluding carboxylic acids is 1. The third kappa shape index (κ3) is 4.08. The Balaban J connectivity index is 2.76. The summed E-state index contributed by atoms with van der Waals surface area (Å²) in [6.45, 7) is 1.58. The van der Waals surface area contributed by atoms with Crippen LogP contribution < -0.4 is 5.73 Å². The van der Waals surface area contributed by atoms with Gasteiger partial charge in [-0.15, -0.1) is 0 Å². The highest BCUT2D eigenvalue weighted by Gasteiger charge is 2.15. The molecule has 0 saturated carbocycles. The van der Waals surface area contributed by atoms with Crippen molar-refractivity contribution in [2.45, 2.75) is 0 Å². The van der Waals surface area contributed by atoms with Gasteiger partial charge in [-0.2, -0.15) is 0 Å². The fourth-order valence-corrected chi connectivity index (χ4v) is 1.38. The van der Waals surface area contributed by atoms with Gasteiger partial charge in [-0.3, -0.25) is 9.78 Å². The Labute approximate surface area is 99.4 Å². The molecule has 1 aromatic rings. The quantitative estimate of drug-likeness (QED) is 0.776. The number of hydrogen-bond donors (Lipinski definition) is 1. The molecule has 0 saturated heterocycles. The third-order valence-electron chi connectivity index (χ3n) is 2.20. The van der Waals surface area contributed by atoms with Crippen molar-refractivity contribution in [3.05, 3.63) is 29.8 Å². The number of nitrogens with zero attached hydrogens (tertiary/aromatic N) is 2. The number of pyridine rings is 1. The van der Waals surface area contributed by atoms with Gasteiger partial charge in [0.15, 0.2) is 0 Å². The Bertz CT molecular complexity index is 373. The highest BCUT2D eigenvalue weighted by Crippen LogP contribution is 2.05. The second-order valence-electron chi connectivity index (χ2n) is 3.47. The van der Waals surface area contributed by atoms with E-state index in [1.54, 1.807) is 7.11 Å². The van der Waals surface area contributed by atoms with Crippen LogP contribution in [0.15, 0.2) is 18.5 Å². The van der Waals surface area contributed by atoms with Crippen LogP contribution in [0.1, 0.15) is 10.4 Å². The van der Waals surface area contributed by atoms with Gasteiger partial charge in [0.2, 0.25) is 0 Å². The average molecular weight is 241 g/mol. The number of methoxy groups -OCH3 is 1. The van der Waals surface area contributed by atoms with Crippen LogP contribution in [0.3, 0.4) is 0 Å². The second kappa shape index (κ2) is 6.93. The Hall–Kier alpha value is -1.53. The van der Waals surface area contributed by atoms with E-state index in [1.807, 2.05) is 0 Å². The number of carbonyl (C=O) groups is 1. The van der Waals surface area contributed by atoms with Gasteiger partial charge in [0, 0.05) is 32.9 Å². The van der Waals surface area contributed by atoms with Gasteiger partial charge >= 0.3 is 0 Å². The maximum atomic E-state index is 12.9. The lowest BCUT2D eigenvalue weighted by Gasteiger charge is -2.21. The van der Waals surface area contributed by atoms with Crippen molar-refractivity contribution in [3.8, 4) is 0 Å². The molecule has 2 N–H and O–H groups in total. The number of nitrogens with two attached hydrogens (primary N) is 1. The van der Waals surface area contributed by atoms with E-state index in [0.29, 0.717) is 26.2 Å². The number of aromatic nitrogens is 1. The largest absolute Gasteiger partial charge is 0.383 e. The molecule has 1 amide bonds. The summed E-state index contributed by atoms with van der Waals surface area (Å²) in [4.78, 5) is 17.2. The maximum Gasteiger partial charge on any atom is 0.255 e. The van der Waals surface area contributed by atoms with E-state index in [2.05, 4.69) is 4.98 Å². The van der Waals surface area contributed by atoms with Gasteiger partial charge in [0.1, 0.15) is 5.82 Å². The van der Waals surface area contributed by atoms with Crippen molar-refractivity contribution < 1.29 is 13.9 Å². The Morgan fingerprint density at radius 3 is 2.88 bits per heavy atom. The Kier molecular flexibility index (Phi) is 5.51. The molecule has 0 aliphatic rings. The molecular formula is C11H16FN3O2. The minimum atomic E-state index is -0.532. The predicted molar refractivity (Wildman–Crippen MR) is 61.0 cm³/mol. The van der Waals surface area contributed by atoms with Crippen LogP contribution in [0, 0.1) is 5.82 Å². The second-order valence-corrected chi connectivity index (χ2v) is 3.47. The highest BCUT2D eigenvalue weighted by molar-refractivity contribution is 5.93. The van der Waals surface area contributed by atoms with Crippen molar-refractivity contribution >= 4 is 5.91 Å². The molecule has 0 atom stereocenters. The van der Waals surface area contributed by atoms with Crippen LogP contribution in [0.25, 0.3) is 0 Å². The molecule has 0 radical (unpaired) electrons. The summed E-state index contributed by atoms with van der Waals surface area (Å²) in [5.41, 5.74) is 5.64. The normalized spacial score (nSPS) is 10.3. The molecule has 0 fully saturated rings. The smallest absolute Gasteiger partial charge is 0.255 e. The zero-order chi connectivity index (χ0) is 12.7. The highest BCUT2D eigenvalue weighted by atomic mass is 19.1. The lowest BCUT2D eigenvalue weighted by atomic mass is 10.2. The summed E-state index contributed by atoms with van der Waals surface area (Å²) in [6, 6.07) is 1.16. The van der Waals surface area contributed by atoms with Gasteiger partial charge in [-0.25, -0.2) is 4.39 Å². The summed E-state index contributed by atoms with van der Waals surface area (Å²) in [5, 5.41) is 0. The Morgan fingerprint density at radius 2 is 2.29 bits per heavy atom. The van der Waals surface area contributed by atoms with Gasteiger partial charge in [-0.1, -0.05) is 0 Å². The van der Waals surface area contributed by atoms with Gasteiger partial charge in [0.25, 0.3) is 5.91 Å². The fourth-order valence-electron chi connectivity index (χ4n) is 1.38. The van der Waals surface area contributed by atoms with Crippen molar-refractivity contribution in [2.75, 3.05) is 33.4 Å². The van der Waals surface area contributed by atoms with Gasteiger partial charge < -0.3 is 15.4 Å². The molecule has 1 heterocycles.